The molecule has 0 amide bonds. The lowest BCUT2D eigenvalue weighted by atomic mass is 10.4. The van der Waals surface area contributed by atoms with Crippen LogP contribution >= 0.6 is 34.1 Å². The van der Waals surface area contributed by atoms with Crippen molar-refractivity contribution in [3.63, 3.8) is 0 Å². The maximum Gasteiger partial charge on any atom is 0.349 e. The van der Waals surface area contributed by atoms with Gasteiger partial charge in [-0.05, 0) is 11.5 Å². The molecule has 0 unspecified atom stereocenters. The second kappa shape index (κ2) is 3.24. The van der Waals surface area contributed by atoms with Crippen LogP contribution in [0.1, 0.15) is 15.4 Å². The number of hydrogen-bond acceptors (Lipinski definition) is 4. The summed E-state index contributed by atoms with van der Waals surface area (Å²) in [5.74, 6) is -0.943. The summed E-state index contributed by atoms with van der Waals surface area (Å²) in [7, 11) is 0. The number of alkyl halides is 1. The van der Waals surface area contributed by atoms with E-state index >= 15 is 0 Å². The molecule has 54 valence electrons. The fourth-order valence-electron chi connectivity index (χ4n) is 0.459. The number of nitrogens with zero attached hydrogens (tertiary/aromatic N) is 2. The van der Waals surface area contributed by atoms with Crippen molar-refractivity contribution in [3.8, 4) is 0 Å². The summed E-state index contributed by atoms with van der Waals surface area (Å²) in [6, 6.07) is 0. The number of rotatable bonds is 2. The highest BCUT2D eigenvalue weighted by molar-refractivity contribution is 14.1. The molecule has 0 atom stereocenters. The topological polar surface area (TPSA) is 63.1 Å². The fourth-order valence-corrected chi connectivity index (χ4v) is 1.77. The number of carboxylic acid groups (broad SMARTS) is 1. The molecule has 1 N–H and O–H groups in total. The smallest absolute Gasteiger partial charge is 0.349 e. The van der Waals surface area contributed by atoms with Gasteiger partial charge >= 0.3 is 5.97 Å². The first kappa shape index (κ1) is 7.86. The van der Waals surface area contributed by atoms with Crippen LogP contribution in [0.4, 0.5) is 0 Å². The molecule has 1 heterocycles. The quantitative estimate of drug-likeness (QED) is 0.647. The number of aromatic carboxylic acids is 1. The Hall–Kier alpha value is -0.240. The van der Waals surface area contributed by atoms with E-state index in [9.17, 15) is 4.79 Å². The monoisotopic (exact) mass is 270 g/mol. The fraction of sp³-hybridized carbons (Fsp3) is 0.250. The van der Waals surface area contributed by atoms with Gasteiger partial charge in [0.1, 0.15) is 0 Å². The lowest BCUT2D eigenvalue weighted by Gasteiger charge is -1.86. The van der Waals surface area contributed by atoms with Crippen molar-refractivity contribution in [3.05, 3.63) is 10.6 Å². The van der Waals surface area contributed by atoms with Crippen molar-refractivity contribution in [2.75, 3.05) is 0 Å². The van der Waals surface area contributed by atoms with E-state index in [1.165, 1.54) is 0 Å². The molecule has 0 aliphatic heterocycles. The van der Waals surface area contributed by atoms with Crippen molar-refractivity contribution in [2.45, 2.75) is 4.43 Å². The highest BCUT2D eigenvalue weighted by Crippen LogP contribution is 2.12. The minimum atomic E-state index is -0.943. The summed E-state index contributed by atoms with van der Waals surface area (Å²) in [5, 5.41) is 12.1. The molecular formula is C4H3IN2O2S. The Balaban J connectivity index is 3.01. The van der Waals surface area contributed by atoms with E-state index in [4.69, 9.17) is 5.11 Å². The van der Waals surface area contributed by atoms with Gasteiger partial charge in [-0.15, -0.1) is 5.10 Å². The van der Waals surface area contributed by atoms with Crippen LogP contribution in [0.15, 0.2) is 0 Å². The summed E-state index contributed by atoms with van der Waals surface area (Å²) < 4.78 is 4.11. The van der Waals surface area contributed by atoms with Crippen molar-refractivity contribution < 1.29 is 9.90 Å². The zero-order valence-electron chi connectivity index (χ0n) is 4.74. The van der Waals surface area contributed by atoms with Crippen LogP contribution in [0.25, 0.3) is 0 Å². The first-order chi connectivity index (χ1) is 4.75. The highest BCUT2D eigenvalue weighted by atomic mass is 127. The highest BCUT2D eigenvalue weighted by Gasteiger charge is 2.12. The van der Waals surface area contributed by atoms with E-state index in [1.807, 2.05) is 22.6 Å². The third kappa shape index (κ3) is 1.43. The van der Waals surface area contributed by atoms with E-state index < -0.39 is 5.97 Å². The molecule has 0 aromatic carbocycles. The Morgan fingerprint density at radius 2 is 2.50 bits per heavy atom. The molecule has 1 aromatic heterocycles. The molecule has 0 saturated heterocycles. The van der Waals surface area contributed by atoms with E-state index in [2.05, 4.69) is 9.59 Å². The maximum absolute atomic E-state index is 10.4. The van der Waals surface area contributed by atoms with Crippen LogP contribution in [0.3, 0.4) is 0 Å². The van der Waals surface area contributed by atoms with Gasteiger partial charge in [0.25, 0.3) is 0 Å². The number of aromatic nitrogens is 2. The summed E-state index contributed by atoms with van der Waals surface area (Å²) in [6.45, 7) is 0. The standard InChI is InChI=1S/C4H3IN2O2S/c5-1-2-3(4(8)9)10-7-6-2/h1H2,(H,8,9). The zero-order chi connectivity index (χ0) is 7.56. The van der Waals surface area contributed by atoms with Gasteiger partial charge in [0.2, 0.25) is 0 Å². The maximum atomic E-state index is 10.4. The third-order valence-electron chi connectivity index (χ3n) is 0.877. The van der Waals surface area contributed by atoms with Gasteiger partial charge < -0.3 is 5.11 Å². The molecule has 0 saturated carbocycles. The van der Waals surface area contributed by atoms with E-state index in [1.54, 1.807) is 0 Å². The average molecular weight is 270 g/mol. The lowest BCUT2D eigenvalue weighted by Crippen LogP contribution is -1.96. The normalized spacial score (nSPS) is 9.70. The lowest BCUT2D eigenvalue weighted by molar-refractivity contribution is 0.0701. The summed E-state index contributed by atoms with van der Waals surface area (Å²) in [4.78, 5) is 10.6. The molecule has 4 nitrogen and oxygen atoms in total. The predicted molar refractivity (Wildman–Crippen MR) is 44.6 cm³/mol. The van der Waals surface area contributed by atoms with Crippen molar-refractivity contribution in [1.29, 1.82) is 0 Å². The SMILES string of the molecule is O=C(O)c1snnc1CI. The van der Waals surface area contributed by atoms with Gasteiger partial charge in [-0.1, -0.05) is 27.1 Å². The molecule has 0 spiro atoms. The van der Waals surface area contributed by atoms with E-state index in [0.717, 1.165) is 11.5 Å². The Morgan fingerprint density at radius 3 is 2.90 bits per heavy atom. The molecule has 1 aromatic rings. The number of hydrogen-bond donors (Lipinski definition) is 1. The van der Waals surface area contributed by atoms with E-state index in [-0.39, 0.29) is 4.88 Å². The minimum Gasteiger partial charge on any atom is -0.477 e. The van der Waals surface area contributed by atoms with Gasteiger partial charge in [0.15, 0.2) is 4.88 Å². The van der Waals surface area contributed by atoms with Crippen LogP contribution in [0.2, 0.25) is 0 Å². The molecule has 0 aliphatic rings. The molecule has 1 rings (SSSR count). The molecule has 6 heteroatoms. The Bertz CT molecular complexity index is 249. The van der Waals surface area contributed by atoms with Gasteiger partial charge in [0, 0.05) is 4.43 Å². The van der Waals surface area contributed by atoms with Crippen LogP contribution in [0.5, 0.6) is 0 Å². The zero-order valence-corrected chi connectivity index (χ0v) is 7.72. The molecule has 0 radical (unpaired) electrons. The molecule has 0 bridgehead atoms. The summed E-state index contributed by atoms with van der Waals surface area (Å²) in [5.41, 5.74) is 0.554. The Morgan fingerprint density at radius 1 is 1.80 bits per heavy atom. The van der Waals surface area contributed by atoms with Crippen LogP contribution < -0.4 is 0 Å². The number of carboxylic acids is 1. The number of halogens is 1. The van der Waals surface area contributed by atoms with Crippen molar-refractivity contribution in [1.82, 2.24) is 9.59 Å². The summed E-state index contributed by atoms with van der Waals surface area (Å²) >= 11 is 2.97. The molecular weight excluding hydrogens is 267 g/mol. The second-order valence-corrected chi connectivity index (χ2v) is 3.00. The minimum absolute atomic E-state index is 0.245. The average Bonchev–Trinajstić information content (AvgIpc) is 2.33. The Labute approximate surface area is 74.6 Å². The van der Waals surface area contributed by atoms with Crippen LogP contribution in [-0.4, -0.2) is 20.7 Å². The van der Waals surface area contributed by atoms with Crippen molar-refractivity contribution >= 4 is 40.1 Å². The van der Waals surface area contributed by atoms with Crippen LogP contribution in [-0.2, 0) is 4.43 Å². The first-order valence-electron chi connectivity index (χ1n) is 2.36. The van der Waals surface area contributed by atoms with Crippen LogP contribution in [0, 0.1) is 0 Å². The predicted octanol–water partition coefficient (Wildman–Crippen LogP) is 1.17. The third-order valence-corrected chi connectivity index (χ3v) is 2.36. The number of carbonyl (C=O) groups is 1. The van der Waals surface area contributed by atoms with E-state index in [0.29, 0.717) is 10.1 Å². The first-order valence-corrected chi connectivity index (χ1v) is 4.66. The second-order valence-electron chi connectivity index (χ2n) is 1.49. The largest absolute Gasteiger partial charge is 0.477 e. The Kier molecular flexibility index (Phi) is 2.55. The molecule has 10 heavy (non-hydrogen) atoms. The van der Waals surface area contributed by atoms with Crippen molar-refractivity contribution in [2.24, 2.45) is 0 Å². The molecule has 0 aliphatic carbocycles. The van der Waals surface area contributed by atoms with Gasteiger partial charge in [-0.2, -0.15) is 0 Å². The summed E-state index contributed by atoms with van der Waals surface area (Å²) in [6.07, 6.45) is 0. The van der Waals surface area contributed by atoms with Gasteiger partial charge in [-0.3, -0.25) is 0 Å². The molecule has 0 fully saturated rings. The van der Waals surface area contributed by atoms with Gasteiger partial charge in [-0.25, -0.2) is 4.79 Å². The van der Waals surface area contributed by atoms with Gasteiger partial charge in [0.05, 0.1) is 5.69 Å².